The van der Waals surface area contributed by atoms with Crippen molar-refractivity contribution in [1.82, 2.24) is 4.72 Å². The number of sulfonamides is 1. The summed E-state index contributed by atoms with van der Waals surface area (Å²) in [6.07, 6.45) is -0.118. The summed E-state index contributed by atoms with van der Waals surface area (Å²) in [5.41, 5.74) is 5.13. The Kier molecular flexibility index (Phi) is 6.01. The van der Waals surface area contributed by atoms with Crippen molar-refractivity contribution in [1.29, 1.82) is 0 Å². The summed E-state index contributed by atoms with van der Waals surface area (Å²) in [5, 5.41) is 8.39. The van der Waals surface area contributed by atoms with Crippen molar-refractivity contribution in [3.05, 3.63) is 0 Å². The van der Waals surface area contributed by atoms with E-state index in [0.717, 1.165) is 0 Å². The van der Waals surface area contributed by atoms with Crippen molar-refractivity contribution in [2.24, 2.45) is 5.73 Å². The molecule has 0 radical (unpaired) electrons. The molecule has 0 aliphatic rings. The van der Waals surface area contributed by atoms with Gasteiger partial charge in [-0.15, -0.1) is 11.6 Å². The van der Waals surface area contributed by atoms with E-state index < -0.39 is 22.0 Å². The van der Waals surface area contributed by atoms with Crippen LogP contribution in [-0.4, -0.2) is 43.7 Å². The number of rotatable bonds is 7. The molecule has 0 aliphatic carbocycles. The van der Waals surface area contributed by atoms with E-state index in [1.807, 2.05) is 0 Å². The van der Waals surface area contributed by atoms with Crippen LogP contribution in [0.15, 0.2) is 0 Å². The number of carboxylic acids is 1. The summed E-state index contributed by atoms with van der Waals surface area (Å²) in [7, 11) is -3.45. The Hall–Kier alpha value is -0.370. The summed E-state index contributed by atoms with van der Waals surface area (Å²) >= 11 is 5.27. The first-order valence-electron chi connectivity index (χ1n) is 3.90. The minimum atomic E-state index is -3.45. The molecule has 1 atom stereocenters. The van der Waals surface area contributed by atoms with Gasteiger partial charge in [0.05, 0.1) is 5.75 Å². The van der Waals surface area contributed by atoms with E-state index in [9.17, 15) is 13.2 Å². The molecule has 0 saturated carbocycles. The number of carboxylic acid groups (broad SMARTS) is 1. The van der Waals surface area contributed by atoms with Gasteiger partial charge in [-0.3, -0.25) is 4.79 Å². The molecule has 0 heterocycles. The average Bonchev–Trinajstić information content (AvgIpc) is 2.11. The molecular formula is C6H13ClN2O4S. The van der Waals surface area contributed by atoms with Crippen LogP contribution in [0, 0.1) is 0 Å². The summed E-state index contributed by atoms with van der Waals surface area (Å²) in [6, 6.07) is -1.15. The molecule has 0 rings (SSSR count). The lowest BCUT2D eigenvalue weighted by Crippen LogP contribution is -2.35. The van der Waals surface area contributed by atoms with Crippen LogP contribution in [0.2, 0.25) is 0 Å². The first kappa shape index (κ1) is 13.6. The summed E-state index contributed by atoms with van der Waals surface area (Å²) in [4.78, 5) is 10.3. The van der Waals surface area contributed by atoms with Gasteiger partial charge in [-0.25, -0.2) is 13.1 Å². The highest BCUT2D eigenvalue weighted by Crippen LogP contribution is 1.94. The SMILES string of the molecule is N[C@H](CCS(=O)(=O)NCCCl)C(=O)O. The fourth-order valence-corrected chi connectivity index (χ4v) is 2.00. The zero-order valence-corrected chi connectivity index (χ0v) is 9.01. The molecule has 6 nitrogen and oxygen atoms in total. The van der Waals surface area contributed by atoms with Crippen LogP contribution in [-0.2, 0) is 14.8 Å². The molecule has 0 saturated heterocycles. The predicted molar refractivity (Wildman–Crippen MR) is 52.7 cm³/mol. The van der Waals surface area contributed by atoms with Crippen LogP contribution in [0.3, 0.4) is 0 Å². The molecule has 0 aromatic carbocycles. The second-order valence-electron chi connectivity index (χ2n) is 2.64. The van der Waals surface area contributed by atoms with Gasteiger partial charge in [0, 0.05) is 12.4 Å². The average molecular weight is 245 g/mol. The minimum Gasteiger partial charge on any atom is -0.480 e. The van der Waals surface area contributed by atoms with Crippen LogP contribution in [0.25, 0.3) is 0 Å². The van der Waals surface area contributed by atoms with Crippen LogP contribution in [0.5, 0.6) is 0 Å². The van der Waals surface area contributed by atoms with Crippen molar-refractivity contribution in [3.8, 4) is 0 Å². The first-order chi connectivity index (χ1) is 6.39. The Morgan fingerprint density at radius 1 is 1.57 bits per heavy atom. The molecule has 0 aromatic rings. The highest BCUT2D eigenvalue weighted by molar-refractivity contribution is 7.89. The third-order valence-corrected chi connectivity index (χ3v) is 3.04. The lowest BCUT2D eigenvalue weighted by atomic mass is 10.2. The minimum absolute atomic E-state index is 0.118. The Balaban J connectivity index is 3.93. The van der Waals surface area contributed by atoms with Gasteiger partial charge in [0.25, 0.3) is 0 Å². The Morgan fingerprint density at radius 3 is 2.57 bits per heavy atom. The zero-order valence-electron chi connectivity index (χ0n) is 7.44. The van der Waals surface area contributed by atoms with Gasteiger partial charge in [0.2, 0.25) is 10.0 Å². The molecule has 0 aliphatic heterocycles. The third-order valence-electron chi connectivity index (χ3n) is 1.43. The number of hydrogen-bond donors (Lipinski definition) is 3. The van der Waals surface area contributed by atoms with Gasteiger partial charge in [0.15, 0.2) is 0 Å². The monoisotopic (exact) mass is 244 g/mol. The maximum absolute atomic E-state index is 11.1. The van der Waals surface area contributed by atoms with Gasteiger partial charge < -0.3 is 10.8 Å². The first-order valence-corrected chi connectivity index (χ1v) is 6.09. The molecule has 0 fully saturated rings. The summed E-state index contributed by atoms with van der Waals surface area (Å²) in [6.45, 7) is 0.131. The van der Waals surface area contributed by atoms with E-state index in [1.165, 1.54) is 0 Å². The number of hydrogen-bond acceptors (Lipinski definition) is 4. The quantitative estimate of drug-likeness (QED) is 0.495. The van der Waals surface area contributed by atoms with Gasteiger partial charge >= 0.3 is 5.97 Å². The van der Waals surface area contributed by atoms with E-state index >= 15 is 0 Å². The van der Waals surface area contributed by atoms with Crippen LogP contribution in [0.1, 0.15) is 6.42 Å². The molecule has 14 heavy (non-hydrogen) atoms. The summed E-state index contributed by atoms with van der Waals surface area (Å²) in [5.74, 6) is -1.35. The normalized spacial score (nSPS) is 13.9. The molecule has 0 aromatic heterocycles. The maximum atomic E-state index is 11.1. The van der Waals surface area contributed by atoms with Crippen molar-refractivity contribution in [2.75, 3.05) is 18.2 Å². The number of aliphatic carboxylic acids is 1. The molecule has 84 valence electrons. The van der Waals surface area contributed by atoms with Crippen LogP contribution >= 0.6 is 11.6 Å². The second kappa shape index (κ2) is 6.18. The largest absolute Gasteiger partial charge is 0.480 e. The zero-order chi connectivity index (χ0) is 11.2. The van der Waals surface area contributed by atoms with E-state index in [1.54, 1.807) is 0 Å². The van der Waals surface area contributed by atoms with Crippen molar-refractivity contribution < 1.29 is 18.3 Å². The molecule has 4 N–H and O–H groups in total. The summed E-state index contributed by atoms with van der Waals surface area (Å²) < 4.78 is 24.4. The van der Waals surface area contributed by atoms with E-state index in [-0.39, 0.29) is 24.6 Å². The Bertz CT molecular complexity index is 280. The number of halogens is 1. The number of nitrogens with one attached hydrogen (secondary N) is 1. The van der Waals surface area contributed by atoms with Crippen molar-refractivity contribution in [3.63, 3.8) is 0 Å². The van der Waals surface area contributed by atoms with Crippen molar-refractivity contribution in [2.45, 2.75) is 12.5 Å². The third kappa shape index (κ3) is 6.14. The standard InChI is InChI=1S/C6H13ClN2O4S/c7-2-3-9-14(12,13)4-1-5(8)6(10)11/h5,9H,1-4,8H2,(H,10,11)/t5-/m1/s1. The maximum Gasteiger partial charge on any atom is 0.320 e. The molecule has 0 bridgehead atoms. The Morgan fingerprint density at radius 2 is 2.14 bits per heavy atom. The predicted octanol–water partition coefficient (Wildman–Crippen LogP) is -1.05. The highest BCUT2D eigenvalue weighted by Gasteiger charge is 2.16. The lowest BCUT2D eigenvalue weighted by molar-refractivity contribution is -0.138. The molecule has 0 spiro atoms. The number of nitrogens with two attached hydrogens (primary N) is 1. The fraction of sp³-hybridized carbons (Fsp3) is 0.833. The van der Waals surface area contributed by atoms with Crippen molar-refractivity contribution >= 4 is 27.6 Å². The molecule has 0 unspecified atom stereocenters. The van der Waals surface area contributed by atoms with E-state index in [4.69, 9.17) is 22.4 Å². The number of carbonyl (C=O) groups is 1. The van der Waals surface area contributed by atoms with Gasteiger partial charge in [0.1, 0.15) is 6.04 Å². The molecule has 0 amide bonds. The van der Waals surface area contributed by atoms with Crippen LogP contribution in [0.4, 0.5) is 0 Å². The smallest absolute Gasteiger partial charge is 0.320 e. The van der Waals surface area contributed by atoms with E-state index in [0.29, 0.717) is 0 Å². The number of alkyl halides is 1. The molecular weight excluding hydrogens is 232 g/mol. The molecule has 8 heteroatoms. The van der Waals surface area contributed by atoms with E-state index in [2.05, 4.69) is 4.72 Å². The topological polar surface area (TPSA) is 109 Å². The van der Waals surface area contributed by atoms with Gasteiger partial charge in [-0.1, -0.05) is 0 Å². The van der Waals surface area contributed by atoms with Gasteiger partial charge in [-0.2, -0.15) is 0 Å². The van der Waals surface area contributed by atoms with Crippen LogP contribution < -0.4 is 10.5 Å². The fourth-order valence-electron chi connectivity index (χ4n) is 0.672. The Labute approximate surface area is 87.5 Å². The van der Waals surface area contributed by atoms with Gasteiger partial charge in [-0.05, 0) is 6.42 Å². The highest BCUT2D eigenvalue weighted by atomic mass is 35.5. The lowest BCUT2D eigenvalue weighted by Gasteiger charge is -2.07. The second-order valence-corrected chi connectivity index (χ2v) is 4.94.